The molecule has 3 N–H and O–H groups in total. The molecular weight excluding hydrogens is 231 g/mol. The summed E-state index contributed by atoms with van der Waals surface area (Å²) >= 11 is 0. The number of hydrogen-bond acceptors (Lipinski definition) is 2. The molecule has 0 bridgehead atoms. The minimum atomic E-state index is -0.295. The summed E-state index contributed by atoms with van der Waals surface area (Å²) in [5.74, 6) is 0.381. The van der Waals surface area contributed by atoms with Crippen molar-refractivity contribution >= 4 is 11.6 Å². The van der Waals surface area contributed by atoms with Crippen LogP contribution >= 0.6 is 0 Å². The molecule has 1 saturated carbocycles. The molecule has 0 spiro atoms. The first-order chi connectivity index (χ1) is 8.69. The number of benzene rings is 1. The zero-order chi connectivity index (χ0) is 13.0. The van der Waals surface area contributed by atoms with E-state index in [-0.39, 0.29) is 17.6 Å². The number of halogens is 1. The van der Waals surface area contributed by atoms with Crippen LogP contribution in [0.2, 0.25) is 0 Å². The number of carbonyl (C=O) groups excluding carboxylic acids is 1. The van der Waals surface area contributed by atoms with E-state index in [1.807, 2.05) is 0 Å². The van der Waals surface area contributed by atoms with Gasteiger partial charge in [-0.25, -0.2) is 4.39 Å². The lowest BCUT2D eigenvalue weighted by Gasteiger charge is -2.26. The summed E-state index contributed by atoms with van der Waals surface area (Å²) < 4.78 is 12.7. The van der Waals surface area contributed by atoms with Gasteiger partial charge in [-0.2, -0.15) is 0 Å². The van der Waals surface area contributed by atoms with E-state index in [9.17, 15) is 9.18 Å². The van der Waals surface area contributed by atoms with Crippen LogP contribution in [0.1, 0.15) is 25.7 Å². The Labute approximate surface area is 107 Å². The van der Waals surface area contributed by atoms with Crippen LogP contribution < -0.4 is 11.1 Å². The van der Waals surface area contributed by atoms with E-state index >= 15 is 0 Å². The Hall–Kier alpha value is -1.42. The summed E-state index contributed by atoms with van der Waals surface area (Å²) in [7, 11) is 0. The number of nitrogens with two attached hydrogens (primary N) is 1. The van der Waals surface area contributed by atoms with Crippen LogP contribution in [-0.2, 0) is 4.79 Å². The van der Waals surface area contributed by atoms with Crippen molar-refractivity contribution < 1.29 is 9.18 Å². The summed E-state index contributed by atoms with van der Waals surface area (Å²) in [4.78, 5) is 12.0. The minimum Gasteiger partial charge on any atom is -0.330 e. The Morgan fingerprint density at radius 1 is 1.22 bits per heavy atom. The van der Waals surface area contributed by atoms with Crippen molar-refractivity contribution in [3.05, 3.63) is 30.1 Å². The molecule has 0 saturated heterocycles. The van der Waals surface area contributed by atoms with E-state index < -0.39 is 0 Å². The zero-order valence-corrected chi connectivity index (χ0v) is 10.4. The molecule has 0 heterocycles. The van der Waals surface area contributed by atoms with Crippen LogP contribution in [0, 0.1) is 17.7 Å². The standard InChI is InChI=1S/C14H19FN2O/c15-12-5-7-13(8-6-12)17-14(18)11-3-1-10(9-16)2-4-11/h5-8,10-11H,1-4,9,16H2,(H,17,18). The predicted molar refractivity (Wildman–Crippen MR) is 69.5 cm³/mol. The van der Waals surface area contributed by atoms with E-state index in [1.165, 1.54) is 12.1 Å². The Bertz CT molecular complexity index is 397. The van der Waals surface area contributed by atoms with Crippen molar-refractivity contribution in [3.63, 3.8) is 0 Å². The highest BCUT2D eigenvalue weighted by Gasteiger charge is 2.25. The van der Waals surface area contributed by atoms with Gasteiger partial charge in [-0.05, 0) is 62.4 Å². The summed E-state index contributed by atoms with van der Waals surface area (Å²) in [6, 6.07) is 5.86. The van der Waals surface area contributed by atoms with Gasteiger partial charge in [0.05, 0.1) is 0 Å². The molecule has 0 aromatic heterocycles. The summed E-state index contributed by atoms with van der Waals surface area (Å²) in [6.07, 6.45) is 3.85. The minimum absolute atomic E-state index is 0.0390. The van der Waals surface area contributed by atoms with Crippen molar-refractivity contribution in [1.29, 1.82) is 0 Å². The summed E-state index contributed by atoms with van der Waals surface area (Å²) in [6.45, 7) is 0.715. The van der Waals surface area contributed by atoms with Gasteiger partial charge in [0.2, 0.25) is 5.91 Å². The van der Waals surface area contributed by atoms with E-state index in [0.29, 0.717) is 18.2 Å². The third-order valence-corrected chi connectivity index (χ3v) is 3.66. The molecule has 18 heavy (non-hydrogen) atoms. The van der Waals surface area contributed by atoms with Crippen LogP contribution in [0.25, 0.3) is 0 Å². The number of anilines is 1. The van der Waals surface area contributed by atoms with E-state index in [0.717, 1.165) is 25.7 Å². The molecule has 0 aliphatic heterocycles. The summed E-state index contributed by atoms with van der Waals surface area (Å²) in [5.41, 5.74) is 6.28. The Balaban J connectivity index is 1.87. The molecule has 1 aromatic rings. The lowest BCUT2D eigenvalue weighted by atomic mass is 9.81. The molecule has 1 amide bonds. The van der Waals surface area contributed by atoms with Gasteiger partial charge >= 0.3 is 0 Å². The molecular formula is C14H19FN2O. The van der Waals surface area contributed by atoms with Gasteiger partial charge in [0.25, 0.3) is 0 Å². The molecule has 1 aromatic carbocycles. The molecule has 3 nitrogen and oxygen atoms in total. The zero-order valence-electron chi connectivity index (χ0n) is 10.4. The number of nitrogens with one attached hydrogen (secondary N) is 1. The second-order valence-corrected chi connectivity index (χ2v) is 4.95. The van der Waals surface area contributed by atoms with Gasteiger partial charge in [-0.3, -0.25) is 4.79 Å². The highest BCUT2D eigenvalue weighted by atomic mass is 19.1. The molecule has 1 aliphatic rings. The maximum Gasteiger partial charge on any atom is 0.227 e. The highest BCUT2D eigenvalue weighted by molar-refractivity contribution is 5.92. The predicted octanol–water partition coefficient (Wildman–Crippen LogP) is 2.53. The fourth-order valence-corrected chi connectivity index (χ4v) is 2.44. The quantitative estimate of drug-likeness (QED) is 0.866. The third kappa shape index (κ3) is 3.29. The maximum atomic E-state index is 12.7. The molecule has 0 unspecified atom stereocenters. The van der Waals surface area contributed by atoms with Gasteiger partial charge in [0.15, 0.2) is 0 Å². The first-order valence-electron chi connectivity index (χ1n) is 6.45. The number of amides is 1. The van der Waals surface area contributed by atoms with Crippen molar-refractivity contribution in [2.75, 3.05) is 11.9 Å². The van der Waals surface area contributed by atoms with Gasteiger partial charge in [-0.15, -0.1) is 0 Å². The number of hydrogen-bond donors (Lipinski definition) is 2. The van der Waals surface area contributed by atoms with Crippen LogP contribution in [-0.4, -0.2) is 12.5 Å². The highest BCUT2D eigenvalue weighted by Crippen LogP contribution is 2.28. The third-order valence-electron chi connectivity index (χ3n) is 3.66. The van der Waals surface area contributed by atoms with Crippen LogP contribution in [0.5, 0.6) is 0 Å². The van der Waals surface area contributed by atoms with Crippen molar-refractivity contribution in [2.45, 2.75) is 25.7 Å². The second kappa shape index (κ2) is 5.96. The van der Waals surface area contributed by atoms with Gasteiger partial charge < -0.3 is 11.1 Å². The van der Waals surface area contributed by atoms with Crippen molar-refractivity contribution in [2.24, 2.45) is 17.6 Å². The first-order valence-corrected chi connectivity index (χ1v) is 6.45. The Morgan fingerprint density at radius 2 is 1.83 bits per heavy atom. The van der Waals surface area contributed by atoms with Gasteiger partial charge in [-0.1, -0.05) is 0 Å². The number of rotatable bonds is 3. The number of carbonyl (C=O) groups is 1. The van der Waals surface area contributed by atoms with Gasteiger partial charge in [0, 0.05) is 11.6 Å². The average Bonchev–Trinajstić information content (AvgIpc) is 2.41. The van der Waals surface area contributed by atoms with Crippen LogP contribution in [0.15, 0.2) is 24.3 Å². The fourth-order valence-electron chi connectivity index (χ4n) is 2.44. The molecule has 1 fully saturated rings. The molecule has 4 heteroatoms. The SMILES string of the molecule is NCC1CCC(C(=O)Nc2ccc(F)cc2)CC1. The van der Waals surface area contributed by atoms with E-state index in [1.54, 1.807) is 12.1 Å². The fraction of sp³-hybridized carbons (Fsp3) is 0.500. The van der Waals surface area contributed by atoms with Crippen LogP contribution in [0.4, 0.5) is 10.1 Å². The lowest BCUT2D eigenvalue weighted by molar-refractivity contribution is -0.121. The van der Waals surface area contributed by atoms with E-state index in [4.69, 9.17) is 5.73 Å². The molecule has 2 rings (SSSR count). The Morgan fingerprint density at radius 3 is 2.39 bits per heavy atom. The average molecular weight is 250 g/mol. The van der Waals surface area contributed by atoms with Gasteiger partial charge in [0.1, 0.15) is 5.82 Å². The monoisotopic (exact) mass is 250 g/mol. The first kappa shape index (κ1) is 13.0. The topological polar surface area (TPSA) is 55.1 Å². The normalized spacial score (nSPS) is 23.7. The Kier molecular flexibility index (Phi) is 4.31. The smallest absolute Gasteiger partial charge is 0.227 e. The molecule has 1 aliphatic carbocycles. The van der Waals surface area contributed by atoms with Crippen LogP contribution in [0.3, 0.4) is 0 Å². The second-order valence-electron chi connectivity index (χ2n) is 4.95. The maximum absolute atomic E-state index is 12.7. The van der Waals surface area contributed by atoms with Crippen molar-refractivity contribution in [1.82, 2.24) is 0 Å². The molecule has 98 valence electrons. The summed E-state index contributed by atoms with van der Waals surface area (Å²) in [5, 5.41) is 2.83. The van der Waals surface area contributed by atoms with E-state index in [2.05, 4.69) is 5.32 Å². The van der Waals surface area contributed by atoms with Crippen molar-refractivity contribution in [3.8, 4) is 0 Å². The largest absolute Gasteiger partial charge is 0.330 e. The lowest BCUT2D eigenvalue weighted by Crippen LogP contribution is -2.29. The molecule has 0 radical (unpaired) electrons. The molecule has 0 atom stereocenters.